The third-order valence-corrected chi connectivity index (χ3v) is 4.92. The Bertz CT molecular complexity index is 541. The van der Waals surface area contributed by atoms with Crippen molar-refractivity contribution in [3.63, 3.8) is 0 Å². The highest BCUT2D eigenvalue weighted by Crippen LogP contribution is 2.37. The number of hydrogen-bond acceptors (Lipinski definition) is 4. The van der Waals surface area contributed by atoms with E-state index in [1.165, 1.54) is 11.1 Å². The van der Waals surface area contributed by atoms with Crippen LogP contribution < -0.4 is 9.47 Å². The highest BCUT2D eigenvalue weighted by Gasteiger charge is 2.25. The van der Waals surface area contributed by atoms with Crippen molar-refractivity contribution in [2.45, 2.75) is 12.2 Å². The van der Waals surface area contributed by atoms with Gasteiger partial charge in [0.25, 0.3) is 0 Å². The Morgan fingerprint density at radius 3 is 1.55 bits per heavy atom. The van der Waals surface area contributed by atoms with Gasteiger partial charge in [-0.15, -0.1) is 0 Å². The molecule has 1 heterocycles. The molecule has 0 unspecified atom stereocenters. The van der Waals surface area contributed by atoms with Gasteiger partial charge in [0.15, 0.2) is 0 Å². The zero-order valence-corrected chi connectivity index (χ0v) is 13.6. The SMILES string of the molecule is COc1ccc([C@@H]2CSC[C@@H](c3ccc(OC)cc3)O2)cc1. The summed E-state index contributed by atoms with van der Waals surface area (Å²) in [6.07, 6.45) is 0.244. The lowest BCUT2D eigenvalue weighted by Crippen LogP contribution is -2.20. The first-order chi connectivity index (χ1) is 10.8. The number of thioether (sulfide) groups is 1. The fourth-order valence-corrected chi connectivity index (χ4v) is 3.65. The lowest BCUT2D eigenvalue weighted by Gasteiger charge is -2.30. The lowest BCUT2D eigenvalue weighted by atomic mass is 10.1. The van der Waals surface area contributed by atoms with E-state index in [0.29, 0.717) is 0 Å². The van der Waals surface area contributed by atoms with Crippen LogP contribution in [0.1, 0.15) is 23.3 Å². The zero-order valence-electron chi connectivity index (χ0n) is 12.8. The zero-order chi connectivity index (χ0) is 15.4. The standard InChI is InChI=1S/C18H20O3S/c1-19-15-7-3-13(4-8-15)17-11-22-12-18(21-17)14-5-9-16(20-2)10-6-14/h3-10,17-18H,11-12H2,1-2H3/t17-,18-/m0/s1. The van der Waals surface area contributed by atoms with E-state index < -0.39 is 0 Å². The maximum absolute atomic E-state index is 6.30. The van der Waals surface area contributed by atoms with Gasteiger partial charge in [-0.1, -0.05) is 24.3 Å². The average molecular weight is 316 g/mol. The van der Waals surface area contributed by atoms with Gasteiger partial charge in [0.1, 0.15) is 11.5 Å². The summed E-state index contributed by atoms with van der Waals surface area (Å²) in [4.78, 5) is 0. The van der Waals surface area contributed by atoms with Crippen LogP contribution in [0.25, 0.3) is 0 Å². The van der Waals surface area contributed by atoms with Crippen molar-refractivity contribution in [1.82, 2.24) is 0 Å². The van der Waals surface area contributed by atoms with Crippen LogP contribution in [0.15, 0.2) is 48.5 Å². The highest BCUT2D eigenvalue weighted by molar-refractivity contribution is 7.99. The number of benzene rings is 2. The molecule has 0 bridgehead atoms. The third kappa shape index (κ3) is 3.39. The molecule has 1 aliphatic heterocycles. The van der Waals surface area contributed by atoms with Crippen LogP contribution in [-0.2, 0) is 4.74 Å². The second-order valence-corrected chi connectivity index (χ2v) is 6.27. The minimum Gasteiger partial charge on any atom is -0.497 e. The Morgan fingerprint density at radius 1 is 0.773 bits per heavy atom. The van der Waals surface area contributed by atoms with Crippen LogP contribution in [0.3, 0.4) is 0 Å². The summed E-state index contributed by atoms with van der Waals surface area (Å²) in [6, 6.07) is 16.3. The number of hydrogen-bond donors (Lipinski definition) is 0. The number of methoxy groups -OCH3 is 2. The summed E-state index contributed by atoms with van der Waals surface area (Å²) in [7, 11) is 3.36. The van der Waals surface area contributed by atoms with E-state index in [2.05, 4.69) is 24.3 Å². The molecule has 1 fully saturated rings. The molecule has 116 valence electrons. The molecule has 0 aromatic heterocycles. The van der Waals surface area contributed by atoms with Crippen molar-refractivity contribution in [2.75, 3.05) is 25.7 Å². The van der Waals surface area contributed by atoms with Crippen molar-refractivity contribution >= 4 is 11.8 Å². The lowest BCUT2D eigenvalue weighted by molar-refractivity contribution is 0.00509. The van der Waals surface area contributed by atoms with Gasteiger partial charge >= 0.3 is 0 Å². The summed E-state index contributed by atoms with van der Waals surface area (Å²) >= 11 is 1.93. The van der Waals surface area contributed by atoms with E-state index >= 15 is 0 Å². The molecule has 0 amide bonds. The fraction of sp³-hybridized carbons (Fsp3) is 0.333. The van der Waals surface area contributed by atoms with Gasteiger partial charge in [0.2, 0.25) is 0 Å². The monoisotopic (exact) mass is 316 g/mol. The molecule has 0 spiro atoms. The Morgan fingerprint density at radius 2 is 1.18 bits per heavy atom. The van der Waals surface area contributed by atoms with E-state index in [1.807, 2.05) is 36.0 Å². The van der Waals surface area contributed by atoms with Gasteiger partial charge in [-0.05, 0) is 35.4 Å². The van der Waals surface area contributed by atoms with E-state index in [4.69, 9.17) is 14.2 Å². The largest absolute Gasteiger partial charge is 0.497 e. The molecule has 4 heteroatoms. The molecular weight excluding hydrogens is 296 g/mol. The average Bonchev–Trinajstić information content (AvgIpc) is 2.62. The second kappa shape index (κ2) is 7.07. The smallest absolute Gasteiger partial charge is 0.118 e. The van der Waals surface area contributed by atoms with Crippen molar-refractivity contribution in [1.29, 1.82) is 0 Å². The molecule has 0 saturated carbocycles. The third-order valence-electron chi connectivity index (χ3n) is 3.84. The molecule has 3 rings (SSSR count). The molecule has 2 aromatic rings. The van der Waals surface area contributed by atoms with E-state index in [9.17, 15) is 0 Å². The molecule has 2 atom stereocenters. The predicted octanol–water partition coefficient (Wildman–Crippen LogP) is 4.25. The van der Waals surface area contributed by atoms with Gasteiger partial charge in [-0.25, -0.2) is 0 Å². The minimum absolute atomic E-state index is 0.122. The Hall–Kier alpha value is -1.65. The molecule has 1 aliphatic rings. The van der Waals surface area contributed by atoms with Gasteiger partial charge < -0.3 is 14.2 Å². The molecule has 3 nitrogen and oxygen atoms in total. The summed E-state index contributed by atoms with van der Waals surface area (Å²) in [5, 5.41) is 0. The molecule has 22 heavy (non-hydrogen) atoms. The molecule has 0 radical (unpaired) electrons. The van der Waals surface area contributed by atoms with E-state index in [-0.39, 0.29) is 12.2 Å². The first-order valence-corrected chi connectivity index (χ1v) is 8.46. The van der Waals surface area contributed by atoms with Gasteiger partial charge in [0.05, 0.1) is 26.4 Å². The molecule has 0 N–H and O–H groups in total. The van der Waals surface area contributed by atoms with Gasteiger partial charge in [-0.3, -0.25) is 0 Å². The van der Waals surface area contributed by atoms with Crippen LogP contribution in [-0.4, -0.2) is 25.7 Å². The van der Waals surface area contributed by atoms with Crippen LogP contribution in [0.4, 0.5) is 0 Å². The molecule has 2 aromatic carbocycles. The molecule has 0 aliphatic carbocycles. The van der Waals surface area contributed by atoms with Crippen molar-refractivity contribution in [2.24, 2.45) is 0 Å². The van der Waals surface area contributed by atoms with Crippen LogP contribution in [0.2, 0.25) is 0 Å². The first kappa shape index (κ1) is 15.3. The normalized spacial score (nSPS) is 21.4. The van der Waals surface area contributed by atoms with Crippen LogP contribution in [0, 0.1) is 0 Å². The van der Waals surface area contributed by atoms with E-state index in [1.54, 1.807) is 14.2 Å². The summed E-state index contributed by atoms with van der Waals surface area (Å²) in [5.74, 6) is 3.72. The van der Waals surface area contributed by atoms with Crippen molar-refractivity contribution in [3.05, 3.63) is 59.7 Å². The quantitative estimate of drug-likeness (QED) is 0.843. The van der Waals surface area contributed by atoms with Gasteiger partial charge in [-0.2, -0.15) is 11.8 Å². The Balaban J connectivity index is 1.72. The topological polar surface area (TPSA) is 27.7 Å². The molecular formula is C18H20O3S. The van der Waals surface area contributed by atoms with Crippen molar-refractivity contribution < 1.29 is 14.2 Å². The maximum atomic E-state index is 6.30. The summed E-state index contributed by atoms with van der Waals surface area (Å²) in [6.45, 7) is 0. The van der Waals surface area contributed by atoms with Crippen LogP contribution in [0.5, 0.6) is 11.5 Å². The number of ether oxygens (including phenoxy) is 3. The fourth-order valence-electron chi connectivity index (χ4n) is 2.55. The first-order valence-electron chi connectivity index (χ1n) is 7.31. The number of rotatable bonds is 4. The van der Waals surface area contributed by atoms with Crippen molar-refractivity contribution in [3.8, 4) is 11.5 Å². The second-order valence-electron chi connectivity index (χ2n) is 5.20. The maximum Gasteiger partial charge on any atom is 0.118 e. The minimum atomic E-state index is 0.122. The predicted molar refractivity (Wildman–Crippen MR) is 89.9 cm³/mol. The van der Waals surface area contributed by atoms with Crippen LogP contribution >= 0.6 is 11.8 Å². The summed E-state index contributed by atoms with van der Waals surface area (Å²) < 4.78 is 16.7. The summed E-state index contributed by atoms with van der Waals surface area (Å²) in [5.41, 5.74) is 2.40. The molecule has 1 saturated heterocycles. The van der Waals surface area contributed by atoms with Gasteiger partial charge in [0, 0.05) is 11.5 Å². The van der Waals surface area contributed by atoms with E-state index in [0.717, 1.165) is 23.0 Å². The highest BCUT2D eigenvalue weighted by atomic mass is 32.2. The Kier molecular flexibility index (Phi) is 4.90. The Labute approximate surface area is 135 Å².